The average Bonchev–Trinajstić information content (AvgIpc) is 2.91. The zero-order valence-electron chi connectivity index (χ0n) is 17.0. The predicted molar refractivity (Wildman–Crippen MR) is 111 cm³/mol. The Morgan fingerprint density at radius 1 is 1.30 bits per heavy atom. The molecule has 0 bridgehead atoms. The third kappa shape index (κ3) is 4.99. The molecule has 166 valence electrons. The third-order valence-electron chi connectivity index (χ3n) is 4.80. The molecule has 1 fully saturated rings. The number of nitrogens with one attached hydrogen (secondary N) is 2. The Balaban J connectivity index is 1.59. The minimum Gasteiger partial charge on any atom is -0.373 e. The number of carbonyl (C=O) groups is 1. The monoisotopic (exact) mass is 458 g/mol. The van der Waals surface area contributed by atoms with Crippen LogP contribution in [-0.4, -0.2) is 76.5 Å². The molecule has 0 spiro atoms. The molecule has 2 heterocycles. The summed E-state index contributed by atoms with van der Waals surface area (Å²) in [5.41, 5.74) is 0.398. The van der Waals surface area contributed by atoms with E-state index >= 15 is 0 Å². The highest BCUT2D eigenvalue weighted by Gasteiger charge is 2.32. The van der Waals surface area contributed by atoms with Crippen molar-refractivity contribution in [2.45, 2.75) is 43.9 Å². The minimum atomic E-state index is -3.69. The number of morpholine rings is 1. The number of amides is 1. The third-order valence-corrected chi connectivity index (χ3v) is 8.01. The van der Waals surface area contributed by atoms with E-state index in [-0.39, 0.29) is 48.3 Å². The molecule has 3 atom stereocenters. The number of rotatable bonds is 6. The lowest BCUT2D eigenvalue weighted by atomic mass is 10.2. The first-order valence-corrected chi connectivity index (χ1v) is 12.7. The lowest BCUT2D eigenvalue weighted by molar-refractivity contribution is -0.121. The maximum atomic E-state index is 12.5. The lowest BCUT2D eigenvalue weighted by Crippen LogP contribution is -2.50. The Kier molecular flexibility index (Phi) is 6.51. The minimum absolute atomic E-state index is 0.0706. The van der Waals surface area contributed by atoms with Crippen LogP contribution >= 0.6 is 0 Å². The molecule has 2 N–H and O–H groups in total. The first-order valence-electron chi connectivity index (χ1n) is 9.60. The average molecular weight is 459 g/mol. The second-order valence-corrected chi connectivity index (χ2v) is 11.2. The van der Waals surface area contributed by atoms with Crippen LogP contribution in [0.1, 0.15) is 26.3 Å². The summed E-state index contributed by atoms with van der Waals surface area (Å²) in [5.74, 6) is -0.640. The van der Waals surface area contributed by atoms with E-state index in [0.717, 1.165) is 0 Å². The number of carbonyl (C=O) groups excluding carboxylic acids is 1. The molecule has 1 aromatic carbocycles. The fraction of sp³-hybridized carbons (Fsp3) is 0.556. The van der Waals surface area contributed by atoms with Crippen LogP contribution in [0.3, 0.4) is 0 Å². The molecule has 12 heteroatoms. The van der Waals surface area contributed by atoms with Crippen molar-refractivity contribution in [1.29, 1.82) is 0 Å². The summed E-state index contributed by atoms with van der Waals surface area (Å²) in [5, 5.41) is 2.56. The molecule has 0 aliphatic carbocycles. The Morgan fingerprint density at radius 2 is 1.93 bits per heavy atom. The van der Waals surface area contributed by atoms with Crippen LogP contribution in [0.5, 0.6) is 0 Å². The molecule has 2 aliphatic rings. The molecule has 1 aromatic rings. The van der Waals surface area contributed by atoms with Crippen molar-refractivity contribution in [2.24, 2.45) is 4.99 Å². The number of hydrogen-bond acceptors (Lipinski definition) is 7. The molecule has 1 saturated heterocycles. The lowest BCUT2D eigenvalue weighted by Gasteiger charge is -2.34. The highest BCUT2D eigenvalue weighted by Crippen LogP contribution is 2.22. The second-order valence-electron chi connectivity index (χ2n) is 7.44. The molecular weight excluding hydrogens is 432 g/mol. The Labute approximate surface area is 176 Å². The van der Waals surface area contributed by atoms with Crippen molar-refractivity contribution >= 4 is 31.8 Å². The van der Waals surface area contributed by atoms with Gasteiger partial charge in [-0.15, -0.1) is 0 Å². The van der Waals surface area contributed by atoms with Gasteiger partial charge in [0.15, 0.2) is 0 Å². The van der Waals surface area contributed by atoms with Crippen molar-refractivity contribution in [3.8, 4) is 0 Å². The number of ether oxygens (including phenoxy) is 1. The molecule has 10 nitrogen and oxygen atoms in total. The van der Waals surface area contributed by atoms with Gasteiger partial charge in [-0.05, 0) is 32.9 Å². The number of amidine groups is 1. The summed E-state index contributed by atoms with van der Waals surface area (Å²) < 4.78 is 58.6. The van der Waals surface area contributed by atoms with Gasteiger partial charge in [0, 0.05) is 25.2 Å². The van der Waals surface area contributed by atoms with Crippen molar-refractivity contribution in [3.63, 3.8) is 0 Å². The van der Waals surface area contributed by atoms with Crippen molar-refractivity contribution in [3.05, 3.63) is 29.8 Å². The Morgan fingerprint density at radius 3 is 2.60 bits per heavy atom. The maximum absolute atomic E-state index is 12.5. The first kappa shape index (κ1) is 22.7. The van der Waals surface area contributed by atoms with Gasteiger partial charge in [0.25, 0.3) is 10.0 Å². The van der Waals surface area contributed by atoms with E-state index in [1.807, 2.05) is 13.8 Å². The number of sulfonamides is 2. The van der Waals surface area contributed by atoms with E-state index < -0.39 is 32.0 Å². The molecule has 1 amide bonds. The normalized spacial score (nSPS) is 26.0. The van der Waals surface area contributed by atoms with Crippen molar-refractivity contribution < 1.29 is 26.4 Å². The molecule has 2 aliphatic heterocycles. The van der Waals surface area contributed by atoms with E-state index in [2.05, 4.69) is 15.0 Å². The number of hydrogen-bond donors (Lipinski definition) is 2. The van der Waals surface area contributed by atoms with E-state index in [1.165, 1.54) is 17.3 Å². The molecule has 2 unspecified atom stereocenters. The van der Waals surface area contributed by atoms with E-state index in [9.17, 15) is 21.6 Å². The highest BCUT2D eigenvalue weighted by atomic mass is 32.2. The zero-order valence-corrected chi connectivity index (χ0v) is 18.7. The van der Waals surface area contributed by atoms with Gasteiger partial charge in [-0.25, -0.2) is 16.8 Å². The molecule has 30 heavy (non-hydrogen) atoms. The van der Waals surface area contributed by atoms with Gasteiger partial charge >= 0.3 is 0 Å². The SMILES string of the molecule is CC1CN(S(=O)(=O)CCNC(=O)[C@H](C)N=C2NS(=O)(=O)c3ccccc32)CC(C)O1. The van der Waals surface area contributed by atoms with Gasteiger partial charge in [-0.2, -0.15) is 4.31 Å². The summed E-state index contributed by atoms with van der Waals surface area (Å²) in [7, 11) is -7.23. The van der Waals surface area contributed by atoms with Crippen LogP contribution in [0.4, 0.5) is 0 Å². The van der Waals surface area contributed by atoms with Crippen LogP contribution in [0.2, 0.25) is 0 Å². The highest BCUT2D eigenvalue weighted by molar-refractivity contribution is 7.90. The summed E-state index contributed by atoms with van der Waals surface area (Å²) in [6.07, 6.45) is -0.376. The Bertz CT molecular complexity index is 1040. The van der Waals surface area contributed by atoms with Gasteiger partial charge in [-0.3, -0.25) is 14.5 Å². The predicted octanol–water partition coefficient (Wildman–Crippen LogP) is -0.331. The van der Waals surface area contributed by atoms with Gasteiger partial charge in [0.1, 0.15) is 11.9 Å². The zero-order chi connectivity index (χ0) is 22.1. The fourth-order valence-electron chi connectivity index (χ4n) is 3.42. The fourth-order valence-corrected chi connectivity index (χ4v) is 6.15. The number of fused-ring (bicyclic) bond motifs is 1. The topological polar surface area (TPSA) is 134 Å². The summed E-state index contributed by atoms with van der Waals surface area (Å²) >= 11 is 0. The largest absolute Gasteiger partial charge is 0.373 e. The smallest absolute Gasteiger partial charge is 0.263 e. The molecule has 0 aromatic heterocycles. The molecule has 3 rings (SSSR count). The van der Waals surface area contributed by atoms with Gasteiger partial charge in [0.2, 0.25) is 15.9 Å². The standard InChI is InChI=1S/C18H26N4O6S2/c1-12-10-22(11-13(2)28-12)29(24,25)9-8-19-18(23)14(3)20-17-15-6-4-5-7-16(15)30(26,27)21-17/h4-7,12-14H,8-11H2,1-3H3,(H,19,23)(H,20,21)/t12?,13?,14-/m0/s1. The van der Waals surface area contributed by atoms with Crippen LogP contribution in [0, 0.1) is 0 Å². The molecule has 0 saturated carbocycles. The van der Waals surface area contributed by atoms with Crippen LogP contribution in [-0.2, 0) is 29.6 Å². The van der Waals surface area contributed by atoms with Gasteiger partial charge in [-0.1, -0.05) is 12.1 Å². The molecule has 0 radical (unpaired) electrons. The number of benzene rings is 1. The van der Waals surface area contributed by atoms with Crippen LogP contribution < -0.4 is 10.0 Å². The van der Waals surface area contributed by atoms with Crippen molar-refractivity contribution in [2.75, 3.05) is 25.4 Å². The van der Waals surface area contributed by atoms with E-state index in [1.54, 1.807) is 18.2 Å². The van der Waals surface area contributed by atoms with Gasteiger partial charge in [0.05, 0.1) is 22.9 Å². The first-order chi connectivity index (χ1) is 14.0. The Hall–Kier alpha value is -2.02. The quantitative estimate of drug-likeness (QED) is 0.599. The number of nitrogens with zero attached hydrogens (tertiary/aromatic N) is 2. The summed E-state index contributed by atoms with van der Waals surface area (Å²) in [4.78, 5) is 16.6. The maximum Gasteiger partial charge on any atom is 0.263 e. The summed E-state index contributed by atoms with van der Waals surface area (Å²) in [6.45, 7) is 5.64. The second kappa shape index (κ2) is 8.61. The molecular formula is C18H26N4O6S2. The van der Waals surface area contributed by atoms with E-state index in [4.69, 9.17) is 4.74 Å². The van der Waals surface area contributed by atoms with Crippen molar-refractivity contribution in [1.82, 2.24) is 14.3 Å². The van der Waals surface area contributed by atoms with Crippen LogP contribution in [0.15, 0.2) is 34.2 Å². The summed E-state index contributed by atoms with van der Waals surface area (Å²) in [6, 6.07) is 5.45. The van der Waals surface area contributed by atoms with E-state index in [0.29, 0.717) is 5.56 Å². The number of aliphatic imine (C=N–C) groups is 1. The van der Waals surface area contributed by atoms with Gasteiger partial charge < -0.3 is 10.1 Å². The van der Waals surface area contributed by atoms with Crippen LogP contribution in [0.25, 0.3) is 0 Å².